The summed E-state index contributed by atoms with van der Waals surface area (Å²) in [7, 11) is 4.30. The van der Waals surface area contributed by atoms with Crippen LogP contribution in [-0.4, -0.2) is 76.4 Å². The van der Waals surface area contributed by atoms with Gasteiger partial charge in [-0.25, -0.2) is 0 Å². The van der Waals surface area contributed by atoms with Gasteiger partial charge in [0.05, 0.1) is 17.7 Å². The standard InChI is InChI=1S/C19H39N4O3P/c1-11-9-23(15(5)12(11)2)19(6,7)18(26)21-14(4)17(25)20-13(3)16(24)10-22(8)27/h11-16,24H,9-10,27H2,1-8H3,(H,20,25)(H,21,26)/t11?,12?,13-,14-,15?,16+/m0/s1. The second kappa shape index (κ2) is 9.64. The van der Waals surface area contributed by atoms with Crippen molar-refractivity contribution >= 4 is 21.2 Å². The molecule has 0 aromatic carbocycles. The van der Waals surface area contributed by atoms with Crippen molar-refractivity contribution < 1.29 is 14.7 Å². The fourth-order valence-electron chi connectivity index (χ4n) is 3.61. The molecule has 0 bridgehead atoms. The van der Waals surface area contributed by atoms with Gasteiger partial charge in [0.15, 0.2) is 0 Å². The molecule has 27 heavy (non-hydrogen) atoms. The van der Waals surface area contributed by atoms with Crippen molar-refractivity contribution in [3.8, 4) is 0 Å². The van der Waals surface area contributed by atoms with Crippen LogP contribution in [0.2, 0.25) is 0 Å². The topological polar surface area (TPSA) is 84.9 Å². The number of carbonyl (C=O) groups excluding carboxylic acids is 2. The molecule has 0 aromatic rings. The van der Waals surface area contributed by atoms with Crippen LogP contribution >= 0.6 is 9.39 Å². The summed E-state index contributed by atoms with van der Waals surface area (Å²) in [6.45, 7) is 15.1. The van der Waals surface area contributed by atoms with Gasteiger partial charge >= 0.3 is 0 Å². The molecule has 1 heterocycles. The summed E-state index contributed by atoms with van der Waals surface area (Å²) >= 11 is 0. The number of nitrogens with one attached hydrogen (secondary N) is 2. The molecule has 1 aliphatic rings. The third-order valence-corrected chi connectivity index (χ3v) is 6.28. The fraction of sp³-hybridized carbons (Fsp3) is 0.895. The number of nitrogens with zero attached hydrogens (tertiary/aromatic N) is 2. The summed E-state index contributed by atoms with van der Waals surface area (Å²) in [4.78, 5) is 27.6. The zero-order valence-electron chi connectivity index (χ0n) is 18.1. The maximum absolute atomic E-state index is 12.9. The van der Waals surface area contributed by atoms with E-state index >= 15 is 0 Å². The molecule has 1 saturated heterocycles. The van der Waals surface area contributed by atoms with E-state index in [-0.39, 0.29) is 11.8 Å². The Balaban J connectivity index is 2.65. The van der Waals surface area contributed by atoms with Crippen LogP contribution in [0.25, 0.3) is 0 Å². The predicted octanol–water partition coefficient (Wildman–Crippen LogP) is 0.834. The molecule has 0 aromatic heterocycles. The van der Waals surface area contributed by atoms with E-state index < -0.39 is 23.7 Å². The van der Waals surface area contributed by atoms with Crippen molar-refractivity contribution in [1.82, 2.24) is 20.2 Å². The molecule has 158 valence electrons. The van der Waals surface area contributed by atoms with Gasteiger partial charge in [-0.15, -0.1) is 0 Å². The molecular formula is C19H39N4O3P. The SMILES string of the molecule is CC1CN(C(C)(C)C(=O)N[C@@H](C)C(=O)N[C@@H](C)[C@H](O)CN(C)P)C(C)C1C. The first-order valence-electron chi connectivity index (χ1n) is 9.81. The molecule has 1 fully saturated rings. The van der Waals surface area contributed by atoms with E-state index in [1.807, 2.05) is 20.9 Å². The van der Waals surface area contributed by atoms with Crippen molar-refractivity contribution in [3.63, 3.8) is 0 Å². The molecule has 0 spiro atoms. The zero-order chi connectivity index (χ0) is 21.1. The molecule has 7 nitrogen and oxygen atoms in total. The molecule has 2 amide bonds. The number of rotatable bonds is 8. The lowest BCUT2D eigenvalue weighted by atomic mass is 9.94. The smallest absolute Gasteiger partial charge is 0.242 e. The Hall–Kier alpha value is -0.750. The van der Waals surface area contributed by atoms with Crippen LogP contribution < -0.4 is 10.6 Å². The summed E-state index contributed by atoms with van der Waals surface area (Å²) in [5, 5.41) is 15.7. The summed E-state index contributed by atoms with van der Waals surface area (Å²) in [5.41, 5.74) is -0.694. The highest BCUT2D eigenvalue weighted by atomic mass is 31.0. The van der Waals surface area contributed by atoms with Crippen LogP contribution in [0, 0.1) is 11.8 Å². The highest BCUT2D eigenvalue weighted by Gasteiger charge is 2.45. The quantitative estimate of drug-likeness (QED) is 0.524. The molecule has 8 heteroatoms. The van der Waals surface area contributed by atoms with Gasteiger partial charge in [-0.3, -0.25) is 19.2 Å². The molecule has 0 aliphatic carbocycles. The van der Waals surface area contributed by atoms with Crippen LogP contribution in [0.1, 0.15) is 48.5 Å². The van der Waals surface area contributed by atoms with E-state index in [9.17, 15) is 14.7 Å². The Morgan fingerprint density at radius 3 is 2.26 bits per heavy atom. The van der Waals surface area contributed by atoms with E-state index in [2.05, 4.69) is 45.7 Å². The number of aliphatic hydroxyl groups is 1. The first-order chi connectivity index (χ1) is 12.3. The number of amides is 2. The Morgan fingerprint density at radius 2 is 1.81 bits per heavy atom. The third-order valence-electron chi connectivity index (χ3n) is 6.07. The second-order valence-corrected chi connectivity index (χ2v) is 9.67. The maximum Gasteiger partial charge on any atom is 0.242 e. The molecular weight excluding hydrogens is 363 g/mol. The maximum atomic E-state index is 12.9. The van der Waals surface area contributed by atoms with E-state index in [1.54, 1.807) is 18.5 Å². The van der Waals surface area contributed by atoms with Crippen molar-refractivity contribution in [2.75, 3.05) is 20.1 Å². The lowest BCUT2D eigenvalue weighted by Crippen LogP contribution is -2.60. The number of hydrogen-bond donors (Lipinski definition) is 3. The van der Waals surface area contributed by atoms with Gasteiger partial charge < -0.3 is 15.7 Å². The zero-order valence-corrected chi connectivity index (χ0v) is 19.3. The Kier molecular flexibility index (Phi) is 8.67. The van der Waals surface area contributed by atoms with Crippen LogP contribution in [0.4, 0.5) is 0 Å². The monoisotopic (exact) mass is 402 g/mol. The lowest BCUT2D eigenvalue weighted by Gasteiger charge is -2.38. The highest BCUT2D eigenvalue weighted by Crippen LogP contribution is 2.34. The number of likely N-dealkylation sites (tertiary alicyclic amines) is 1. The third kappa shape index (κ3) is 6.11. The average molecular weight is 403 g/mol. The van der Waals surface area contributed by atoms with Crippen LogP contribution in [0.3, 0.4) is 0 Å². The van der Waals surface area contributed by atoms with Gasteiger partial charge in [-0.05, 0) is 53.5 Å². The molecule has 0 radical (unpaired) electrons. The first kappa shape index (κ1) is 24.3. The number of carbonyl (C=O) groups is 2. The Bertz CT molecular complexity index is 529. The summed E-state index contributed by atoms with van der Waals surface area (Å²) < 4.78 is 1.78. The van der Waals surface area contributed by atoms with Gasteiger partial charge in [0.1, 0.15) is 6.04 Å². The van der Waals surface area contributed by atoms with Crippen LogP contribution in [-0.2, 0) is 9.59 Å². The minimum atomic E-state index is -0.694. The van der Waals surface area contributed by atoms with Gasteiger partial charge in [0, 0.05) is 19.1 Å². The molecule has 4 unspecified atom stereocenters. The fourth-order valence-corrected chi connectivity index (χ4v) is 3.82. The Labute approximate surface area is 166 Å². The van der Waals surface area contributed by atoms with E-state index in [4.69, 9.17) is 0 Å². The number of aliphatic hydroxyl groups excluding tert-OH is 1. The number of likely N-dealkylation sites (N-methyl/N-ethyl adjacent to an activating group) is 1. The lowest BCUT2D eigenvalue weighted by molar-refractivity contribution is -0.136. The normalized spacial score (nSPS) is 27.3. The second-order valence-electron chi connectivity index (χ2n) is 8.79. The van der Waals surface area contributed by atoms with Gasteiger partial charge in [0.2, 0.25) is 11.8 Å². The predicted molar refractivity (Wildman–Crippen MR) is 112 cm³/mol. The molecule has 3 N–H and O–H groups in total. The molecule has 1 rings (SSSR count). The first-order valence-corrected chi connectivity index (χ1v) is 10.3. The highest BCUT2D eigenvalue weighted by molar-refractivity contribution is 7.13. The van der Waals surface area contributed by atoms with Crippen molar-refractivity contribution in [2.45, 2.75) is 78.2 Å². The summed E-state index contributed by atoms with van der Waals surface area (Å²) in [6, 6.07) is -0.773. The molecule has 1 aliphatic heterocycles. The van der Waals surface area contributed by atoms with Crippen LogP contribution in [0.15, 0.2) is 0 Å². The number of hydrogen-bond acceptors (Lipinski definition) is 5. The van der Waals surface area contributed by atoms with Gasteiger partial charge in [0.25, 0.3) is 0 Å². The van der Waals surface area contributed by atoms with Crippen molar-refractivity contribution in [2.24, 2.45) is 11.8 Å². The minimum absolute atomic E-state index is 0.156. The molecule has 0 saturated carbocycles. The van der Waals surface area contributed by atoms with Crippen molar-refractivity contribution in [3.05, 3.63) is 0 Å². The molecule has 7 atom stereocenters. The summed E-state index contributed by atoms with van der Waals surface area (Å²) in [6.07, 6.45) is -0.691. The van der Waals surface area contributed by atoms with Gasteiger partial charge in [-0.1, -0.05) is 23.2 Å². The minimum Gasteiger partial charge on any atom is -0.390 e. The van der Waals surface area contributed by atoms with E-state index in [0.29, 0.717) is 24.4 Å². The van der Waals surface area contributed by atoms with E-state index in [1.165, 1.54) is 0 Å². The van der Waals surface area contributed by atoms with Gasteiger partial charge in [-0.2, -0.15) is 0 Å². The van der Waals surface area contributed by atoms with E-state index in [0.717, 1.165) is 6.54 Å². The van der Waals surface area contributed by atoms with Crippen molar-refractivity contribution in [1.29, 1.82) is 0 Å². The average Bonchev–Trinajstić information content (AvgIpc) is 2.81. The Morgan fingerprint density at radius 1 is 1.26 bits per heavy atom. The summed E-state index contributed by atoms with van der Waals surface area (Å²) in [5.74, 6) is 0.601. The van der Waals surface area contributed by atoms with Crippen LogP contribution in [0.5, 0.6) is 0 Å². The largest absolute Gasteiger partial charge is 0.390 e.